The molecule has 2 aromatic rings. The van der Waals surface area contributed by atoms with E-state index in [4.69, 9.17) is 9.47 Å². The molecule has 23 heavy (non-hydrogen) atoms. The summed E-state index contributed by atoms with van der Waals surface area (Å²) in [5.41, 5.74) is 3.32. The number of hydrogen-bond donors (Lipinski definition) is 1. The van der Waals surface area contributed by atoms with Crippen molar-refractivity contribution in [1.29, 1.82) is 0 Å². The molecule has 4 heteroatoms. The molecular formula is C19H21NO3. The van der Waals surface area contributed by atoms with Gasteiger partial charge in [-0.25, -0.2) is 0 Å². The number of anilines is 1. The van der Waals surface area contributed by atoms with Gasteiger partial charge in [-0.1, -0.05) is 18.2 Å². The van der Waals surface area contributed by atoms with Crippen LogP contribution in [0.15, 0.2) is 42.5 Å². The summed E-state index contributed by atoms with van der Waals surface area (Å²) in [4.78, 5) is 11.0. The molecule has 1 N–H and O–H groups in total. The van der Waals surface area contributed by atoms with E-state index in [2.05, 4.69) is 23.5 Å². The van der Waals surface area contributed by atoms with Gasteiger partial charge in [0, 0.05) is 24.6 Å². The lowest BCUT2D eigenvalue weighted by atomic mass is 9.91. The molecule has 0 saturated heterocycles. The normalized spacial score (nSPS) is 16.2. The summed E-state index contributed by atoms with van der Waals surface area (Å²) < 4.78 is 11.1. The van der Waals surface area contributed by atoms with Crippen molar-refractivity contribution in [3.05, 3.63) is 53.6 Å². The SMILES string of the molecule is COc1ccc2c(c1)OC[C@H](Cc1ccc(NC(C)=O)cc1)C2. The molecule has 1 aliphatic heterocycles. The van der Waals surface area contributed by atoms with Crippen LogP contribution in [0.4, 0.5) is 5.69 Å². The van der Waals surface area contributed by atoms with Gasteiger partial charge in [-0.05, 0) is 42.2 Å². The van der Waals surface area contributed by atoms with Crippen LogP contribution in [0.5, 0.6) is 11.5 Å². The van der Waals surface area contributed by atoms with Crippen molar-refractivity contribution >= 4 is 11.6 Å². The largest absolute Gasteiger partial charge is 0.497 e. The summed E-state index contributed by atoms with van der Waals surface area (Å²) in [7, 11) is 1.66. The number of carbonyl (C=O) groups excluding carboxylic acids is 1. The van der Waals surface area contributed by atoms with Crippen molar-refractivity contribution in [3.8, 4) is 11.5 Å². The maximum Gasteiger partial charge on any atom is 0.221 e. The molecule has 1 heterocycles. The van der Waals surface area contributed by atoms with Gasteiger partial charge in [-0.2, -0.15) is 0 Å². The van der Waals surface area contributed by atoms with Gasteiger partial charge >= 0.3 is 0 Å². The van der Waals surface area contributed by atoms with Crippen LogP contribution in [0, 0.1) is 5.92 Å². The van der Waals surface area contributed by atoms with Crippen LogP contribution in [0.1, 0.15) is 18.1 Å². The molecule has 1 amide bonds. The van der Waals surface area contributed by atoms with E-state index in [1.807, 2.05) is 24.3 Å². The summed E-state index contributed by atoms with van der Waals surface area (Å²) in [6.07, 6.45) is 1.97. The van der Waals surface area contributed by atoms with E-state index in [1.165, 1.54) is 18.1 Å². The lowest BCUT2D eigenvalue weighted by Gasteiger charge is -2.25. The number of hydrogen-bond acceptors (Lipinski definition) is 3. The molecular weight excluding hydrogens is 290 g/mol. The van der Waals surface area contributed by atoms with Gasteiger partial charge in [0.05, 0.1) is 13.7 Å². The second-order valence-corrected chi connectivity index (χ2v) is 5.94. The van der Waals surface area contributed by atoms with Gasteiger partial charge in [-0.15, -0.1) is 0 Å². The van der Waals surface area contributed by atoms with Crippen LogP contribution in [-0.4, -0.2) is 19.6 Å². The molecule has 0 aromatic heterocycles. The number of nitrogens with one attached hydrogen (secondary N) is 1. The highest BCUT2D eigenvalue weighted by Crippen LogP contribution is 2.32. The summed E-state index contributed by atoms with van der Waals surface area (Å²) in [5, 5.41) is 2.78. The lowest BCUT2D eigenvalue weighted by Crippen LogP contribution is -2.22. The van der Waals surface area contributed by atoms with E-state index in [-0.39, 0.29) is 5.91 Å². The Bertz CT molecular complexity index is 694. The first-order valence-corrected chi connectivity index (χ1v) is 7.80. The van der Waals surface area contributed by atoms with Crippen LogP contribution < -0.4 is 14.8 Å². The molecule has 0 bridgehead atoms. The maximum atomic E-state index is 11.0. The van der Waals surface area contributed by atoms with Gasteiger partial charge in [0.15, 0.2) is 0 Å². The zero-order valence-corrected chi connectivity index (χ0v) is 13.5. The smallest absolute Gasteiger partial charge is 0.221 e. The Morgan fingerprint density at radius 1 is 1.26 bits per heavy atom. The molecule has 0 radical (unpaired) electrons. The monoisotopic (exact) mass is 311 g/mol. The van der Waals surface area contributed by atoms with E-state index in [1.54, 1.807) is 7.11 Å². The molecule has 2 aromatic carbocycles. The Hall–Kier alpha value is -2.49. The number of benzene rings is 2. The zero-order valence-electron chi connectivity index (χ0n) is 13.5. The Morgan fingerprint density at radius 2 is 2.04 bits per heavy atom. The molecule has 3 rings (SSSR count). The number of amides is 1. The van der Waals surface area contributed by atoms with E-state index in [9.17, 15) is 4.79 Å². The zero-order chi connectivity index (χ0) is 16.2. The van der Waals surface area contributed by atoms with Crippen molar-refractivity contribution in [2.45, 2.75) is 19.8 Å². The fourth-order valence-electron chi connectivity index (χ4n) is 2.93. The van der Waals surface area contributed by atoms with Gasteiger partial charge < -0.3 is 14.8 Å². The molecule has 0 saturated carbocycles. The average molecular weight is 311 g/mol. The molecule has 120 valence electrons. The van der Waals surface area contributed by atoms with Crippen molar-refractivity contribution in [1.82, 2.24) is 0 Å². The minimum Gasteiger partial charge on any atom is -0.497 e. The highest BCUT2D eigenvalue weighted by atomic mass is 16.5. The van der Waals surface area contributed by atoms with E-state index < -0.39 is 0 Å². The van der Waals surface area contributed by atoms with E-state index >= 15 is 0 Å². The second-order valence-electron chi connectivity index (χ2n) is 5.94. The number of ether oxygens (including phenoxy) is 2. The summed E-state index contributed by atoms with van der Waals surface area (Å²) in [6.45, 7) is 2.23. The van der Waals surface area contributed by atoms with E-state index in [0.29, 0.717) is 12.5 Å². The first-order chi connectivity index (χ1) is 11.1. The Balaban J connectivity index is 1.64. The van der Waals surface area contributed by atoms with Crippen LogP contribution >= 0.6 is 0 Å². The highest BCUT2D eigenvalue weighted by molar-refractivity contribution is 5.88. The number of rotatable bonds is 4. The highest BCUT2D eigenvalue weighted by Gasteiger charge is 2.20. The van der Waals surface area contributed by atoms with E-state index in [0.717, 1.165) is 30.0 Å². The van der Waals surface area contributed by atoms with Gasteiger partial charge in [-0.3, -0.25) is 4.79 Å². The number of fused-ring (bicyclic) bond motifs is 1. The standard InChI is InChI=1S/C19H21NO3/c1-13(21)20-17-6-3-14(4-7-17)9-15-10-16-5-8-18(22-2)11-19(16)23-12-15/h3-8,11,15H,9-10,12H2,1-2H3,(H,20,21)/t15-/m1/s1. The van der Waals surface area contributed by atoms with Crippen molar-refractivity contribution in [2.24, 2.45) is 5.92 Å². The van der Waals surface area contributed by atoms with Crippen LogP contribution in [-0.2, 0) is 17.6 Å². The quantitative estimate of drug-likeness (QED) is 0.941. The Kier molecular flexibility index (Phi) is 4.51. The predicted molar refractivity (Wildman–Crippen MR) is 90.1 cm³/mol. The van der Waals surface area contributed by atoms with Gasteiger partial charge in [0.2, 0.25) is 5.91 Å². The minimum atomic E-state index is -0.0505. The molecule has 0 fully saturated rings. The molecule has 4 nitrogen and oxygen atoms in total. The third-order valence-electron chi connectivity index (χ3n) is 4.06. The average Bonchev–Trinajstić information content (AvgIpc) is 2.55. The topological polar surface area (TPSA) is 47.6 Å². The first-order valence-electron chi connectivity index (χ1n) is 7.80. The van der Waals surface area contributed by atoms with Crippen molar-refractivity contribution in [3.63, 3.8) is 0 Å². The molecule has 0 spiro atoms. The van der Waals surface area contributed by atoms with Crippen LogP contribution in [0.3, 0.4) is 0 Å². The number of carbonyl (C=O) groups is 1. The number of methoxy groups -OCH3 is 1. The van der Waals surface area contributed by atoms with Gasteiger partial charge in [0.25, 0.3) is 0 Å². The minimum absolute atomic E-state index is 0.0505. The van der Waals surface area contributed by atoms with Crippen LogP contribution in [0.2, 0.25) is 0 Å². The van der Waals surface area contributed by atoms with Gasteiger partial charge in [0.1, 0.15) is 11.5 Å². The molecule has 1 atom stereocenters. The van der Waals surface area contributed by atoms with Crippen molar-refractivity contribution < 1.29 is 14.3 Å². The Labute approximate surface area is 136 Å². The molecule has 1 aliphatic rings. The fraction of sp³-hybridized carbons (Fsp3) is 0.316. The predicted octanol–water partition coefficient (Wildman–Crippen LogP) is 3.45. The first kappa shape index (κ1) is 15.4. The second kappa shape index (κ2) is 6.73. The maximum absolute atomic E-state index is 11.0. The summed E-state index contributed by atoms with van der Waals surface area (Å²) >= 11 is 0. The Morgan fingerprint density at radius 3 is 2.74 bits per heavy atom. The third kappa shape index (κ3) is 3.83. The summed E-state index contributed by atoms with van der Waals surface area (Å²) in [5.74, 6) is 2.17. The lowest BCUT2D eigenvalue weighted by molar-refractivity contribution is -0.114. The van der Waals surface area contributed by atoms with Crippen molar-refractivity contribution in [2.75, 3.05) is 19.0 Å². The molecule has 0 unspecified atom stereocenters. The fourth-order valence-corrected chi connectivity index (χ4v) is 2.93. The molecule has 0 aliphatic carbocycles. The summed E-state index contributed by atoms with van der Waals surface area (Å²) in [6, 6.07) is 14.0. The van der Waals surface area contributed by atoms with Crippen LogP contribution in [0.25, 0.3) is 0 Å². The third-order valence-corrected chi connectivity index (χ3v) is 4.06.